The first-order valence-corrected chi connectivity index (χ1v) is 12.2. The van der Waals surface area contributed by atoms with Gasteiger partial charge >= 0.3 is 5.97 Å². The smallest absolute Gasteiger partial charge is 0.343 e. The molecule has 1 aliphatic heterocycles. The van der Waals surface area contributed by atoms with Crippen molar-refractivity contribution in [3.63, 3.8) is 0 Å². The summed E-state index contributed by atoms with van der Waals surface area (Å²) in [5.74, 6) is 0.496. The van der Waals surface area contributed by atoms with Gasteiger partial charge in [0.25, 0.3) is 0 Å². The first kappa shape index (κ1) is 24.4. The Labute approximate surface area is 213 Å². The molecule has 0 amide bonds. The number of fused-ring (bicyclic) bond motifs is 1. The molecule has 0 saturated carbocycles. The largest absolute Gasteiger partial charge is 0.493 e. The van der Waals surface area contributed by atoms with Crippen LogP contribution in [-0.4, -0.2) is 12.6 Å². The lowest BCUT2D eigenvalue weighted by Gasteiger charge is -2.28. The van der Waals surface area contributed by atoms with Crippen LogP contribution in [0.4, 0.5) is 0 Å². The molecule has 1 atom stereocenters. The fraction of sp³-hybridized carbons (Fsp3) is 0.214. The Hall–Kier alpha value is -3.76. The van der Waals surface area contributed by atoms with Crippen molar-refractivity contribution in [1.29, 1.82) is 5.26 Å². The topological polar surface area (TPSA) is 94.6 Å². The molecular formula is C28H25BrN2O4. The molecule has 0 aliphatic carbocycles. The van der Waals surface area contributed by atoms with Crippen LogP contribution < -0.4 is 19.9 Å². The highest BCUT2D eigenvalue weighted by atomic mass is 79.9. The van der Waals surface area contributed by atoms with Gasteiger partial charge < -0.3 is 19.9 Å². The predicted molar refractivity (Wildman–Crippen MR) is 136 cm³/mol. The SMILES string of the molecule is CCCCCOc1ccccc1C1C(C#N)=C(N)Oc2cc(OC(=O)c3ccc(Br)cc3)ccc21. The molecule has 3 aromatic rings. The third-order valence-electron chi connectivity index (χ3n) is 5.72. The Bertz CT molecular complexity index is 1300. The third kappa shape index (κ3) is 5.50. The Morgan fingerprint density at radius 2 is 1.86 bits per heavy atom. The zero-order valence-electron chi connectivity index (χ0n) is 19.3. The van der Waals surface area contributed by atoms with Crippen LogP contribution in [0.2, 0.25) is 0 Å². The van der Waals surface area contributed by atoms with Crippen LogP contribution in [0.1, 0.15) is 53.6 Å². The maximum atomic E-state index is 12.6. The summed E-state index contributed by atoms with van der Waals surface area (Å²) in [5, 5.41) is 9.89. The van der Waals surface area contributed by atoms with Crippen molar-refractivity contribution in [2.24, 2.45) is 5.73 Å². The molecular weight excluding hydrogens is 508 g/mol. The van der Waals surface area contributed by atoms with E-state index in [-0.39, 0.29) is 5.88 Å². The molecule has 1 unspecified atom stereocenters. The molecule has 35 heavy (non-hydrogen) atoms. The van der Waals surface area contributed by atoms with Crippen molar-refractivity contribution in [3.8, 4) is 23.3 Å². The van der Waals surface area contributed by atoms with Gasteiger partial charge in [-0.2, -0.15) is 5.26 Å². The molecule has 1 aliphatic rings. The number of hydrogen-bond acceptors (Lipinski definition) is 6. The van der Waals surface area contributed by atoms with Gasteiger partial charge in [-0.25, -0.2) is 4.79 Å². The van der Waals surface area contributed by atoms with E-state index in [0.717, 1.165) is 34.9 Å². The third-order valence-corrected chi connectivity index (χ3v) is 6.25. The highest BCUT2D eigenvalue weighted by molar-refractivity contribution is 9.10. The van der Waals surface area contributed by atoms with E-state index in [0.29, 0.717) is 35.0 Å². The lowest BCUT2D eigenvalue weighted by Crippen LogP contribution is -2.21. The number of carbonyl (C=O) groups is 1. The van der Waals surface area contributed by atoms with Crippen molar-refractivity contribution in [2.45, 2.75) is 32.1 Å². The second-order valence-electron chi connectivity index (χ2n) is 8.11. The number of rotatable bonds is 8. The Balaban J connectivity index is 1.65. The van der Waals surface area contributed by atoms with Crippen LogP contribution in [0.3, 0.4) is 0 Å². The molecule has 2 N–H and O–H groups in total. The molecule has 1 heterocycles. The Morgan fingerprint density at radius 1 is 1.09 bits per heavy atom. The fourth-order valence-corrected chi connectivity index (χ4v) is 4.22. The van der Waals surface area contributed by atoms with Gasteiger partial charge in [-0.1, -0.05) is 60.0 Å². The van der Waals surface area contributed by atoms with E-state index in [9.17, 15) is 10.1 Å². The number of allylic oxidation sites excluding steroid dienone is 1. The van der Waals surface area contributed by atoms with Gasteiger partial charge in [0.1, 0.15) is 28.9 Å². The normalized spacial score (nSPS) is 14.5. The maximum absolute atomic E-state index is 12.6. The van der Waals surface area contributed by atoms with Gasteiger partial charge in [-0.15, -0.1) is 0 Å². The average Bonchev–Trinajstić information content (AvgIpc) is 2.86. The van der Waals surface area contributed by atoms with Crippen LogP contribution in [-0.2, 0) is 0 Å². The summed E-state index contributed by atoms with van der Waals surface area (Å²) in [5.41, 5.74) is 8.45. The summed E-state index contributed by atoms with van der Waals surface area (Å²) in [6.07, 6.45) is 3.14. The number of nitriles is 1. The van der Waals surface area contributed by atoms with Gasteiger partial charge in [0.2, 0.25) is 5.88 Å². The highest BCUT2D eigenvalue weighted by Crippen LogP contribution is 2.46. The van der Waals surface area contributed by atoms with Crippen molar-refractivity contribution in [3.05, 3.63) is 99.3 Å². The summed E-state index contributed by atoms with van der Waals surface area (Å²) in [4.78, 5) is 12.6. The molecule has 4 rings (SSSR count). The Kier molecular flexibility index (Phi) is 7.74. The minimum absolute atomic E-state index is 0.0159. The van der Waals surface area contributed by atoms with E-state index in [1.54, 1.807) is 42.5 Å². The summed E-state index contributed by atoms with van der Waals surface area (Å²) in [6, 6.07) is 21.8. The summed E-state index contributed by atoms with van der Waals surface area (Å²) in [6.45, 7) is 2.73. The van der Waals surface area contributed by atoms with Gasteiger partial charge in [0.05, 0.1) is 18.1 Å². The minimum Gasteiger partial charge on any atom is -0.493 e. The molecule has 178 valence electrons. The lowest BCUT2D eigenvalue weighted by molar-refractivity contribution is 0.0734. The highest BCUT2D eigenvalue weighted by Gasteiger charge is 2.33. The van der Waals surface area contributed by atoms with Crippen LogP contribution in [0.25, 0.3) is 0 Å². The van der Waals surface area contributed by atoms with E-state index in [4.69, 9.17) is 19.9 Å². The number of hydrogen-bond donors (Lipinski definition) is 1. The fourth-order valence-electron chi connectivity index (χ4n) is 3.96. The van der Waals surface area contributed by atoms with Crippen molar-refractivity contribution in [1.82, 2.24) is 0 Å². The van der Waals surface area contributed by atoms with Crippen LogP contribution in [0, 0.1) is 11.3 Å². The average molecular weight is 533 g/mol. The standard InChI is InChI=1S/C28H25BrN2O4/c1-2-3-6-15-33-24-8-5-4-7-21(24)26-22-14-13-20(16-25(22)35-27(31)23(26)17-30)34-28(32)18-9-11-19(29)12-10-18/h4-5,7-14,16,26H,2-3,6,15,31H2,1H3. The first-order chi connectivity index (χ1) is 17.0. The van der Waals surface area contributed by atoms with Gasteiger partial charge in [0, 0.05) is 21.7 Å². The Morgan fingerprint density at radius 3 is 2.60 bits per heavy atom. The molecule has 6 nitrogen and oxygen atoms in total. The number of nitrogens with two attached hydrogens (primary N) is 1. The quantitative estimate of drug-likeness (QED) is 0.203. The number of ether oxygens (including phenoxy) is 3. The molecule has 7 heteroatoms. The number of esters is 1. The molecule has 0 saturated heterocycles. The lowest BCUT2D eigenvalue weighted by atomic mass is 9.83. The number of unbranched alkanes of at least 4 members (excludes halogenated alkanes) is 2. The molecule has 0 fully saturated rings. The second kappa shape index (κ2) is 11.1. The van der Waals surface area contributed by atoms with E-state index in [1.807, 2.05) is 24.3 Å². The zero-order chi connectivity index (χ0) is 24.8. The number of halogens is 1. The van der Waals surface area contributed by atoms with Crippen LogP contribution >= 0.6 is 15.9 Å². The summed E-state index contributed by atoms with van der Waals surface area (Å²) < 4.78 is 18.3. The van der Waals surface area contributed by atoms with Gasteiger partial charge in [-0.3, -0.25) is 0 Å². The monoisotopic (exact) mass is 532 g/mol. The van der Waals surface area contributed by atoms with E-state index >= 15 is 0 Å². The van der Waals surface area contributed by atoms with Gasteiger partial charge in [-0.05, 0) is 42.8 Å². The number of para-hydroxylation sites is 1. The molecule has 0 aromatic heterocycles. The van der Waals surface area contributed by atoms with Crippen molar-refractivity contribution in [2.75, 3.05) is 6.61 Å². The molecule has 3 aromatic carbocycles. The van der Waals surface area contributed by atoms with Crippen LogP contribution in [0.5, 0.6) is 17.2 Å². The first-order valence-electron chi connectivity index (χ1n) is 11.4. The predicted octanol–water partition coefficient (Wildman–Crippen LogP) is 6.46. The number of carbonyl (C=O) groups excluding carboxylic acids is 1. The molecule has 0 bridgehead atoms. The van der Waals surface area contributed by atoms with Crippen molar-refractivity contribution < 1.29 is 19.0 Å². The molecule has 0 radical (unpaired) electrons. The van der Waals surface area contributed by atoms with Crippen LogP contribution in [0.15, 0.2) is 82.7 Å². The maximum Gasteiger partial charge on any atom is 0.343 e. The van der Waals surface area contributed by atoms with E-state index < -0.39 is 11.9 Å². The van der Waals surface area contributed by atoms with E-state index in [2.05, 4.69) is 28.9 Å². The minimum atomic E-state index is -0.489. The van der Waals surface area contributed by atoms with E-state index in [1.165, 1.54) is 0 Å². The molecule has 0 spiro atoms. The number of benzene rings is 3. The summed E-state index contributed by atoms with van der Waals surface area (Å²) >= 11 is 3.35. The van der Waals surface area contributed by atoms with Gasteiger partial charge in [0.15, 0.2) is 0 Å². The van der Waals surface area contributed by atoms with Crippen molar-refractivity contribution >= 4 is 21.9 Å². The second-order valence-corrected chi connectivity index (χ2v) is 9.03. The zero-order valence-corrected chi connectivity index (χ0v) is 20.9. The summed E-state index contributed by atoms with van der Waals surface area (Å²) in [7, 11) is 0. The number of nitrogens with zero attached hydrogens (tertiary/aromatic N) is 1.